The van der Waals surface area contributed by atoms with Crippen molar-refractivity contribution in [3.8, 4) is 11.4 Å². The summed E-state index contributed by atoms with van der Waals surface area (Å²) in [5.74, 6) is 0.870. The lowest BCUT2D eigenvalue weighted by molar-refractivity contribution is -0.118. The number of carbonyl (C=O) groups is 1. The summed E-state index contributed by atoms with van der Waals surface area (Å²) in [4.78, 5) is 13.1. The standard InChI is InChI=1S/C18H19N5OS2/c1-3-23-17(14-8-5-4-6-9-14)21-22-18(23)26-12-16(24)20-19-13(2)15-10-7-11-25-15/h4-11H,3,12H2,1-2H3,(H,20,24)/b19-13+. The van der Waals surface area contributed by atoms with Gasteiger partial charge in [0.05, 0.1) is 11.5 Å². The second-order valence-electron chi connectivity index (χ2n) is 5.41. The van der Waals surface area contributed by atoms with E-state index in [9.17, 15) is 4.79 Å². The van der Waals surface area contributed by atoms with Gasteiger partial charge in [0.15, 0.2) is 11.0 Å². The van der Waals surface area contributed by atoms with Crippen molar-refractivity contribution in [1.82, 2.24) is 20.2 Å². The highest BCUT2D eigenvalue weighted by molar-refractivity contribution is 7.99. The van der Waals surface area contributed by atoms with Gasteiger partial charge < -0.3 is 4.57 Å². The Labute approximate surface area is 160 Å². The summed E-state index contributed by atoms with van der Waals surface area (Å²) in [6.07, 6.45) is 0. The Morgan fingerprint density at radius 1 is 1.23 bits per heavy atom. The fourth-order valence-electron chi connectivity index (χ4n) is 2.33. The number of nitrogens with one attached hydrogen (secondary N) is 1. The smallest absolute Gasteiger partial charge is 0.250 e. The first-order valence-electron chi connectivity index (χ1n) is 8.17. The quantitative estimate of drug-likeness (QED) is 0.383. The Kier molecular flexibility index (Phi) is 6.19. The molecule has 0 unspecified atom stereocenters. The molecule has 0 aliphatic rings. The molecule has 0 fully saturated rings. The molecule has 134 valence electrons. The molecule has 1 N–H and O–H groups in total. The molecule has 0 aliphatic carbocycles. The summed E-state index contributed by atoms with van der Waals surface area (Å²) in [5.41, 5.74) is 4.40. The minimum Gasteiger partial charge on any atom is -0.302 e. The van der Waals surface area contributed by atoms with Gasteiger partial charge in [-0.25, -0.2) is 5.43 Å². The zero-order valence-electron chi connectivity index (χ0n) is 14.5. The summed E-state index contributed by atoms with van der Waals surface area (Å²) in [5, 5.41) is 15.4. The Morgan fingerprint density at radius 2 is 2.04 bits per heavy atom. The van der Waals surface area contributed by atoms with E-state index in [1.807, 2.05) is 66.3 Å². The number of benzene rings is 1. The number of thioether (sulfide) groups is 1. The first-order chi connectivity index (χ1) is 12.7. The van der Waals surface area contributed by atoms with E-state index in [1.165, 1.54) is 11.8 Å². The highest BCUT2D eigenvalue weighted by Gasteiger charge is 2.14. The van der Waals surface area contributed by atoms with Crippen LogP contribution >= 0.6 is 23.1 Å². The predicted molar refractivity (Wildman–Crippen MR) is 107 cm³/mol. The topological polar surface area (TPSA) is 72.2 Å². The predicted octanol–water partition coefficient (Wildman–Crippen LogP) is 3.66. The van der Waals surface area contributed by atoms with Crippen molar-refractivity contribution in [3.05, 3.63) is 52.7 Å². The zero-order chi connectivity index (χ0) is 18.4. The summed E-state index contributed by atoms with van der Waals surface area (Å²) < 4.78 is 2.01. The van der Waals surface area contributed by atoms with Crippen LogP contribution < -0.4 is 5.43 Å². The number of rotatable bonds is 7. The number of aromatic nitrogens is 3. The maximum atomic E-state index is 12.1. The summed E-state index contributed by atoms with van der Waals surface area (Å²) in [6.45, 7) is 4.64. The fourth-order valence-corrected chi connectivity index (χ4v) is 3.80. The van der Waals surface area contributed by atoms with E-state index in [0.29, 0.717) is 0 Å². The van der Waals surface area contributed by atoms with Gasteiger partial charge in [-0.2, -0.15) is 5.10 Å². The summed E-state index contributed by atoms with van der Waals surface area (Å²) >= 11 is 2.94. The molecule has 2 aromatic heterocycles. The molecule has 0 radical (unpaired) electrons. The van der Waals surface area contributed by atoms with Gasteiger partial charge in [-0.3, -0.25) is 4.79 Å². The van der Waals surface area contributed by atoms with Gasteiger partial charge in [-0.1, -0.05) is 48.2 Å². The minimum atomic E-state index is -0.169. The molecule has 1 aromatic carbocycles. The molecular weight excluding hydrogens is 366 g/mol. The highest BCUT2D eigenvalue weighted by atomic mass is 32.2. The third-order valence-electron chi connectivity index (χ3n) is 3.62. The van der Waals surface area contributed by atoms with Gasteiger partial charge in [-0.15, -0.1) is 21.5 Å². The van der Waals surface area contributed by atoms with Gasteiger partial charge in [0.25, 0.3) is 5.91 Å². The number of carbonyl (C=O) groups excluding carboxylic acids is 1. The molecule has 0 spiro atoms. The number of hydrogen-bond donors (Lipinski definition) is 1. The van der Waals surface area contributed by atoms with Crippen molar-refractivity contribution in [2.45, 2.75) is 25.5 Å². The third-order valence-corrected chi connectivity index (χ3v) is 5.57. The molecule has 1 amide bonds. The first-order valence-corrected chi connectivity index (χ1v) is 10.0. The molecule has 0 atom stereocenters. The van der Waals surface area contributed by atoms with Crippen LogP contribution in [0.25, 0.3) is 11.4 Å². The number of hydrogen-bond acceptors (Lipinski definition) is 6. The van der Waals surface area contributed by atoms with Crippen LogP contribution in [0, 0.1) is 0 Å². The largest absolute Gasteiger partial charge is 0.302 e. The van der Waals surface area contributed by atoms with Crippen molar-refractivity contribution in [1.29, 1.82) is 0 Å². The van der Waals surface area contributed by atoms with Gasteiger partial charge in [0, 0.05) is 17.0 Å². The molecule has 2 heterocycles. The number of nitrogens with zero attached hydrogens (tertiary/aromatic N) is 4. The summed E-state index contributed by atoms with van der Waals surface area (Å²) in [7, 11) is 0. The van der Waals surface area contributed by atoms with Crippen LogP contribution in [0.3, 0.4) is 0 Å². The number of amides is 1. The Bertz CT molecular complexity index is 888. The molecule has 6 nitrogen and oxygen atoms in total. The molecular formula is C18H19N5OS2. The molecule has 0 saturated heterocycles. The van der Waals surface area contributed by atoms with E-state index < -0.39 is 0 Å². The minimum absolute atomic E-state index is 0.169. The Hall–Kier alpha value is -2.45. The van der Waals surface area contributed by atoms with Crippen LogP contribution in [0.5, 0.6) is 0 Å². The van der Waals surface area contributed by atoms with Crippen molar-refractivity contribution in [2.24, 2.45) is 5.10 Å². The lowest BCUT2D eigenvalue weighted by Gasteiger charge is -2.07. The van der Waals surface area contributed by atoms with Gasteiger partial charge in [0.1, 0.15) is 0 Å². The normalized spacial score (nSPS) is 11.5. The third kappa shape index (κ3) is 4.39. The second kappa shape index (κ2) is 8.77. The molecule has 3 aromatic rings. The van der Waals surface area contributed by atoms with Gasteiger partial charge >= 0.3 is 0 Å². The zero-order valence-corrected chi connectivity index (χ0v) is 16.2. The Balaban J connectivity index is 1.62. The van der Waals surface area contributed by atoms with E-state index in [-0.39, 0.29) is 11.7 Å². The van der Waals surface area contributed by atoms with Crippen molar-refractivity contribution >= 4 is 34.7 Å². The van der Waals surface area contributed by atoms with Crippen LogP contribution in [-0.4, -0.2) is 32.1 Å². The molecule has 8 heteroatoms. The number of hydrazone groups is 1. The maximum absolute atomic E-state index is 12.1. The Morgan fingerprint density at radius 3 is 2.73 bits per heavy atom. The van der Waals surface area contributed by atoms with Crippen LogP contribution in [0.4, 0.5) is 0 Å². The van der Waals surface area contributed by atoms with Crippen molar-refractivity contribution in [2.75, 3.05) is 5.75 Å². The highest BCUT2D eigenvalue weighted by Crippen LogP contribution is 2.23. The monoisotopic (exact) mass is 385 g/mol. The molecule has 3 rings (SSSR count). The van der Waals surface area contributed by atoms with E-state index in [2.05, 4.69) is 20.7 Å². The van der Waals surface area contributed by atoms with Crippen LogP contribution in [-0.2, 0) is 11.3 Å². The first kappa shape index (κ1) is 18.3. The average Bonchev–Trinajstić information content (AvgIpc) is 3.34. The summed E-state index contributed by atoms with van der Waals surface area (Å²) in [6, 6.07) is 13.8. The van der Waals surface area contributed by atoms with E-state index in [0.717, 1.165) is 33.7 Å². The fraction of sp³-hybridized carbons (Fsp3) is 0.222. The van der Waals surface area contributed by atoms with Crippen LogP contribution in [0.15, 0.2) is 58.1 Å². The van der Waals surface area contributed by atoms with Crippen molar-refractivity contribution < 1.29 is 4.79 Å². The molecule has 0 saturated carbocycles. The van der Waals surface area contributed by atoms with Gasteiger partial charge in [0.2, 0.25) is 0 Å². The van der Waals surface area contributed by atoms with E-state index in [1.54, 1.807) is 11.3 Å². The van der Waals surface area contributed by atoms with Gasteiger partial charge in [-0.05, 0) is 25.3 Å². The van der Waals surface area contributed by atoms with E-state index in [4.69, 9.17) is 0 Å². The SMILES string of the molecule is CCn1c(SCC(=O)N/N=C(\C)c2cccs2)nnc1-c1ccccc1. The maximum Gasteiger partial charge on any atom is 0.250 e. The lowest BCUT2D eigenvalue weighted by Crippen LogP contribution is -2.21. The van der Waals surface area contributed by atoms with E-state index >= 15 is 0 Å². The average molecular weight is 386 g/mol. The van der Waals surface area contributed by atoms with Crippen LogP contribution in [0.1, 0.15) is 18.7 Å². The van der Waals surface area contributed by atoms with Crippen molar-refractivity contribution in [3.63, 3.8) is 0 Å². The second-order valence-corrected chi connectivity index (χ2v) is 7.30. The lowest BCUT2D eigenvalue weighted by atomic mass is 10.2. The molecule has 0 aliphatic heterocycles. The molecule has 26 heavy (non-hydrogen) atoms. The number of thiophene rings is 1. The molecule has 0 bridgehead atoms. The van der Waals surface area contributed by atoms with Crippen LogP contribution in [0.2, 0.25) is 0 Å².